The molecule has 1 aromatic carbocycles. The standard InChI is InChI=1S/C19H31NO5/c1-5-13(11-14(12-20)19(21)22)17-15(23-6-2)9-10-16(24-7-3)18(17)25-8-4/h9-10,13-14H,5-8,11-12,20H2,1-4H3,(H,21,22). The minimum atomic E-state index is -0.877. The van der Waals surface area contributed by atoms with Gasteiger partial charge in [0.25, 0.3) is 0 Å². The normalized spacial score (nSPS) is 13.2. The van der Waals surface area contributed by atoms with E-state index in [-0.39, 0.29) is 12.5 Å². The van der Waals surface area contributed by atoms with Gasteiger partial charge in [0.05, 0.1) is 25.7 Å². The molecule has 0 bridgehead atoms. The Hall–Kier alpha value is -1.95. The highest BCUT2D eigenvalue weighted by atomic mass is 16.5. The predicted molar refractivity (Wildman–Crippen MR) is 97.8 cm³/mol. The van der Waals surface area contributed by atoms with E-state index in [1.54, 1.807) is 0 Å². The van der Waals surface area contributed by atoms with Crippen molar-refractivity contribution in [1.82, 2.24) is 0 Å². The summed E-state index contributed by atoms with van der Waals surface area (Å²) in [5, 5.41) is 9.38. The van der Waals surface area contributed by atoms with Crippen LogP contribution in [0.1, 0.15) is 52.0 Å². The number of carbonyl (C=O) groups is 1. The van der Waals surface area contributed by atoms with E-state index >= 15 is 0 Å². The predicted octanol–water partition coefficient (Wildman–Crippen LogP) is 3.43. The fourth-order valence-corrected chi connectivity index (χ4v) is 2.92. The molecule has 0 aliphatic rings. The van der Waals surface area contributed by atoms with Crippen LogP contribution in [0.2, 0.25) is 0 Å². The van der Waals surface area contributed by atoms with Gasteiger partial charge >= 0.3 is 5.97 Å². The van der Waals surface area contributed by atoms with Gasteiger partial charge in [-0.1, -0.05) is 6.92 Å². The Bertz CT molecular complexity index is 547. The average molecular weight is 353 g/mol. The molecule has 0 aromatic heterocycles. The highest BCUT2D eigenvalue weighted by Crippen LogP contribution is 2.45. The van der Waals surface area contributed by atoms with Crippen molar-refractivity contribution < 1.29 is 24.1 Å². The second-order valence-electron chi connectivity index (χ2n) is 5.72. The van der Waals surface area contributed by atoms with Gasteiger partial charge in [-0.05, 0) is 51.7 Å². The van der Waals surface area contributed by atoms with Crippen molar-refractivity contribution in [3.8, 4) is 17.2 Å². The maximum atomic E-state index is 11.4. The Morgan fingerprint density at radius 1 is 1.04 bits per heavy atom. The van der Waals surface area contributed by atoms with Crippen LogP contribution < -0.4 is 19.9 Å². The first kappa shape index (κ1) is 21.1. The molecule has 0 heterocycles. The molecule has 1 rings (SSSR count). The molecule has 6 heteroatoms. The Balaban J connectivity index is 3.42. The molecule has 0 aliphatic carbocycles. The molecule has 0 amide bonds. The number of hydrogen-bond acceptors (Lipinski definition) is 5. The number of benzene rings is 1. The van der Waals surface area contributed by atoms with Crippen molar-refractivity contribution in [3.05, 3.63) is 17.7 Å². The van der Waals surface area contributed by atoms with Crippen LogP contribution in [0.5, 0.6) is 17.2 Å². The monoisotopic (exact) mass is 353 g/mol. The lowest BCUT2D eigenvalue weighted by molar-refractivity contribution is -0.141. The zero-order valence-electron chi connectivity index (χ0n) is 15.7. The summed E-state index contributed by atoms with van der Waals surface area (Å²) in [6, 6.07) is 3.71. The fraction of sp³-hybridized carbons (Fsp3) is 0.632. The molecule has 1 aromatic rings. The first-order chi connectivity index (χ1) is 12.0. The Morgan fingerprint density at radius 3 is 2.08 bits per heavy atom. The molecule has 0 radical (unpaired) electrons. The maximum absolute atomic E-state index is 11.4. The smallest absolute Gasteiger partial charge is 0.307 e. The summed E-state index contributed by atoms with van der Waals surface area (Å²) in [6.45, 7) is 9.39. The highest BCUT2D eigenvalue weighted by molar-refractivity contribution is 5.70. The van der Waals surface area contributed by atoms with Crippen LogP contribution in [-0.4, -0.2) is 37.4 Å². The van der Waals surface area contributed by atoms with Crippen molar-refractivity contribution in [2.45, 2.75) is 46.5 Å². The molecule has 0 spiro atoms. The van der Waals surface area contributed by atoms with Gasteiger partial charge in [-0.2, -0.15) is 0 Å². The molecule has 2 unspecified atom stereocenters. The molecule has 6 nitrogen and oxygen atoms in total. The van der Waals surface area contributed by atoms with E-state index in [0.29, 0.717) is 43.5 Å². The summed E-state index contributed by atoms with van der Waals surface area (Å²) >= 11 is 0. The number of rotatable bonds is 12. The van der Waals surface area contributed by atoms with Gasteiger partial charge in [0, 0.05) is 12.1 Å². The van der Waals surface area contributed by atoms with E-state index in [4.69, 9.17) is 19.9 Å². The fourth-order valence-electron chi connectivity index (χ4n) is 2.92. The number of nitrogens with two attached hydrogens (primary N) is 1. The van der Waals surface area contributed by atoms with Gasteiger partial charge in [-0.15, -0.1) is 0 Å². The van der Waals surface area contributed by atoms with Crippen LogP contribution >= 0.6 is 0 Å². The lowest BCUT2D eigenvalue weighted by Gasteiger charge is -2.25. The quantitative estimate of drug-likeness (QED) is 0.598. The van der Waals surface area contributed by atoms with E-state index in [9.17, 15) is 9.90 Å². The first-order valence-corrected chi connectivity index (χ1v) is 9.01. The number of carboxylic acid groups (broad SMARTS) is 1. The Labute approximate surface area is 150 Å². The third-order valence-electron chi connectivity index (χ3n) is 4.11. The molecule has 0 saturated heterocycles. The van der Waals surface area contributed by atoms with Gasteiger partial charge < -0.3 is 25.1 Å². The largest absolute Gasteiger partial charge is 0.493 e. The van der Waals surface area contributed by atoms with Crippen molar-refractivity contribution in [2.24, 2.45) is 11.7 Å². The van der Waals surface area contributed by atoms with Gasteiger partial charge in [-0.3, -0.25) is 4.79 Å². The molecule has 0 aliphatic heterocycles. The second kappa shape index (κ2) is 10.8. The van der Waals surface area contributed by atoms with Crippen molar-refractivity contribution in [1.29, 1.82) is 0 Å². The van der Waals surface area contributed by atoms with E-state index in [0.717, 1.165) is 12.0 Å². The number of hydrogen-bond donors (Lipinski definition) is 2. The van der Waals surface area contributed by atoms with Crippen molar-refractivity contribution >= 4 is 5.97 Å². The average Bonchev–Trinajstić information content (AvgIpc) is 2.59. The summed E-state index contributed by atoms with van der Waals surface area (Å²) < 4.78 is 17.4. The Morgan fingerprint density at radius 2 is 1.60 bits per heavy atom. The van der Waals surface area contributed by atoms with Crippen LogP contribution in [-0.2, 0) is 4.79 Å². The third-order valence-corrected chi connectivity index (χ3v) is 4.11. The van der Waals surface area contributed by atoms with Crippen LogP contribution in [0.4, 0.5) is 0 Å². The number of ether oxygens (including phenoxy) is 3. The summed E-state index contributed by atoms with van der Waals surface area (Å²) in [4.78, 5) is 11.4. The highest BCUT2D eigenvalue weighted by Gasteiger charge is 2.28. The SMILES string of the molecule is CCOc1ccc(OCC)c(C(CC)CC(CN)C(=O)O)c1OCC. The second-order valence-corrected chi connectivity index (χ2v) is 5.72. The summed E-state index contributed by atoms with van der Waals surface area (Å²) in [7, 11) is 0. The minimum Gasteiger partial charge on any atom is -0.493 e. The lowest BCUT2D eigenvalue weighted by Crippen LogP contribution is -2.25. The van der Waals surface area contributed by atoms with Gasteiger partial charge in [0.1, 0.15) is 5.75 Å². The zero-order valence-corrected chi connectivity index (χ0v) is 15.7. The molecule has 2 atom stereocenters. The zero-order chi connectivity index (χ0) is 18.8. The van der Waals surface area contributed by atoms with E-state index in [1.807, 2.05) is 39.8 Å². The molecule has 3 N–H and O–H groups in total. The van der Waals surface area contributed by atoms with Gasteiger partial charge in [-0.25, -0.2) is 0 Å². The lowest BCUT2D eigenvalue weighted by atomic mass is 9.85. The van der Waals surface area contributed by atoms with Crippen LogP contribution in [0, 0.1) is 5.92 Å². The van der Waals surface area contributed by atoms with Crippen LogP contribution in [0.25, 0.3) is 0 Å². The number of aliphatic carboxylic acids is 1. The minimum absolute atomic E-state index is 0.0480. The summed E-state index contributed by atoms with van der Waals surface area (Å²) in [5.74, 6) is 0.474. The van der Waals surface area contributed by atoms with E-state index in [2.05, 4.69) is 0 Å². The number of carboxylic acids is 1. The molecular weight excluding hydrogens is 322 g/mol. The van der Waals surface area contributed by atoms with Gasteiger partial charge in [0.2, 0.25) is 0 Å². The molecule has 0 saturated carbocycles. The van der Waals surface area contributed by atoms with E-state index in [1.165, 1.54) is 0 Å². The third kappa shape index (κ3) is 5.53. The topological polar surface area (TPSA) is 91.0 Å². The summed E-state index contributed by atoms with van der Waals surface area (Å²) in [5.41, 5.74) is 6.53. The van der Waals surface area contributed by atoms with Crippen molar-refractivity contribution in [3.63, 3.8) is 0 Å². The van der Waals surface area contributed by atoms with Crippen LogP contribution in [0.15, 0.2) is 12.1 Å². The van der Waals surface area contributed by atoms with Crippen molar-refractivity contribution in [2.75, 3.05) is 26.4 Å². The summed E-state index contributed by atoms with van der Waals surface area (Å²) in [6.07, 6.45) is 1.18. The maximum Gasteiger partial charge on any atom is 0.307 e. The van der Waals surface area contributed by atoms with Crippen LogP contribution in [0.3, 0.4) is 0 Å². The molecule has 25 heavy (non-hydrogen) atoms. The Kier molecular flexibility index (Phi) is 9.13. The first-order valence-electron chi connectivity index (χ1n) is 9.01. The molecular formula is C19H31NO5. The molecule has 0 fully saturated rings. The van der Waals surface area contributed by atoms with Gasteiger partial charge in [0.15, 0.2) is 11.5 Å². The van der Waals surface area contributed by atoms with E-state index < -0.39 is 11.9 Å². The molecule has 142 valence electrons.